The van der Waals surface area contributed by atoms with Crippen molar-refractivity contribution in [3.63, 3.8) is 0 Å². The Morgan fingerprint density at radius 1 is 0.327 bits per heavy atom. The number of carbonyl (C=O) groups excluding carboxylic acids is 1. The van der Waals surface area contributed by atoms with Gasteiger partial charge in [-0.05, 0) is 107 Å². The molecule has 0 atom stereocenters. The molecule has 0 spiro atoms. The zero-order valence-electron chi connectivity index (χ0n) is 53.2. The van der Waals surface area contributed by atoms with E-state index in [9.17, 15) is 9.59 Å². The maximum atomic E-state index is 10.1. The van der Waals surface area contributed by atoms with Crippen LogP contribution in [0.25, 0.3) is 78.3 Å². The Morgan fingerprint density at radius 2 is 0.653 bits per heavy atom. The van der Waals surface area contributed by atoms with Gasteiger partial charge in [-0.2, -0.15) is 0 Å². The minimum atomic E-state index is -0.990. The molecule has 7 aromatic heterocycles. The molecule has 11 nitrogen and oxygen atoms in total. The Kier molecular flexibility index (Phi) is 43.4. The van der Waals surface area contributed by atoms with Gasteiger partial charge < -0.3 is 40.1 Å². The van der Waals surface area contributed by atoms with Crippen molar-refractivity contribution in [3.05, 3.63) is 382 Å². The van der Waals surface area contributed by atoms with Crippen molar-refractivity contribution >= 4 is 22.5 Å². The molecule has 16 heteroatoms. The van der Waals surface area contributed by atoms with Gasteiger partial charge in [0.1, 0.15) is 5.69 Å². The molecule has 503 valence electrons. The van der Waals surface area contributed by atoms with Crippen LogP contribution in [0, 0.1) is 43.3 Å². The predicted octanol–water partition coefficient (Wildman–Crippen LogP) is 18.6. The number of ketones is 1. The molecule has 0 aliphatic rings. The zero-order chi connectivity index (χ0) is 65.3. The molecule has 0 aliphatic heterocycles. The summed E-state index contributed by atoms with van der Waals surface area (Å²) in [5, 5.41) is 19.1. The number of fused-ring (bicyclic) bond motifs is 1. The second-order valence-electron chi connectivity index (χ2n) is 19.5. The first kappa shape index (κ1) is 84.9. The quantitative estimate of drug-likeness (QED) is 0.0845. The molecule has 14 aromatic rings. The van der Waals surface area contributed by atoms with E-state index in [2.05, 4.69) is 96.4 Å². The Bertz CT molecular complexity index is 3930. The number of hydrogen-bond acceptors (Lipinski definition) is 10. The van der Waals surface area contributed by atoms with Crippen molar-refractivity contribution in [1.29, 1.82) is 0 Å². The monoisotopic (exact) mass is 2180 g/mol. The van der Waals surface area contributed by atoms with Gasteiger partial charge in [0.25, 0.3) is 0 Å². The number of carboxylic acids is 1. The van der Waals surface area contributed by atoms with Gasteiger partial charge in [-0.15, -0.1) is 215 Å². The second kappa shape index (κ2) is 50.2. The van der Waals surface area contributed by atoms with Gasteiger partial charge in [0.15, 0.2) is 5.78 Å². The van der Waals surface area contributed by atoms with E-state index in [1.807, 2.05) is 249 Å². The van der Waals surface area contributed by atoms with Crippen molar-refractivity contribution in [3.8, 4) is 67.5 Å². The summed E-state index contributed by atoms with van der Waals surface area (Å²) < 4.78 is 0. The summed E-state index contributed by atoms with van der Waals surface area (Å²) in [7, 11) is 0. The number of nitrogens with zero attached hydrogens (tertiary/aromatic N) is 7. The van der Waals surface area contributed by atoms with Gasteiger partial charge in [0.2, 0.25) is 0 Å². The summed E-state index contributed by atoms with van der Waals surface area (Å²) in [5.74, 6) is -1.05. The third kappa shape index (κ3) is 31.8. The molecule has 7 heterocycles. The Labute approximate surface area is 642 Å². The van der Waals surface area contributed by atoms with Crippen molar-refractivity contribution in [2.24, 2.45) is 0 Å². The minimum absolute atomic E-state index is 0. The molecule has 2 N–H and O–H groups in total. The van der Waals surface area contributed by atoms with Gasteiger partial charge in [-0.3, -0.25) is 4.79 Å². The van der Waals surface area contributed by atoms with Crippen LogP contribution in [0.2, 0.25) is 0 Å². The second-order valence-corrected chi connectivity index (χ2v) is 19.5. The third-order valence-corrected chi connectivity index (χ3v) is 12.4. The van der Waals surface area contributed by atoms with Gasteiger partial charge in [-0.25, -0.2) is 9.78 Å². The van der Waals surface area contributed by atoms with E-state index in [1.54, 1.807) is 43.1 Å². The normalized spacial score (nSPS) is 9.40. The van der Waals surface area contributed by atoms with Crippen LogP contribution in [0.3, 0.4) is 0 Å². The van der Waals surface area contributed by atoms with Gasteiger partial charge >= 0.3 is 5.97 Å². The number of aryl methyl sites for hydroxylation is 1. The fraction of sp³-hybridized carbons (Fsp3) is 0.0366. The smallest absolute Gasteiger partial charge is 0.354 e. The molecule has 0 unspecified atom stereocenters. The fourth-order valence-corrected chi connectivity index (χ4v) is 8.21. The topological polar surface area (TPSA) is 165 Å². The predicted molar refractivity (Wildman–Crippen MR) is 372 cm³/mol. The molecular formula is C82H65Ir5N7O4-6. The average Bonchev–Trinajstić information content (AvgIpc) is 0.814. The fourth-order valence-electron chi connectivity index (χ4n) is 8.21. The van der Waals surface area contributed by atoms with Crippen molar-refractivity contribution in [1.82, 2.24) is 34.9 Å². The van der Waals surface area contributed by atoms with Crippen LogP contribution in [0.4, 0.5) is 0 Å². The molecule has 0 aliphatic carbocycles. The summed E-state index contributed by atoms with van der Waals surface area (Å²) in [6.45, 7) is 4.92. The summed E-state index contributed by atoms with van der Waals surface area (Å²) in [5.41, 5.74) is 13.4. The van der Waals surface area contributed by atoms with Crippen LogP contribution in [0.5, 0.6) is 0 Å². The zero-order valence-corrected chi connectivity index (χ0v) is 65.2. The van der Waals surface area contributed by atoms with Crippen LogP contribution < -0.4 is 0 Å². The average molecular weight is 2170 g/mol. The SMILES string of the molecule is CC(=O)C=C(C)O.Cc1cc[c-]c(-c2ccccn2)c1.O=C(O)c1ccccn1.[Ir].[Ir].[Ir].[Ir].[Ir].[c-]1ccccc1-c1ccccn1.[c-]1ccccc1-c1ccccn1.[c-]1ccccc1-c1ccccn1.[c-]1ccccc1-c1ccccn1.[c-]1ccccc1-c1nccc2ccccc12. The molecule has 0 saturated heterocycles. The van der Waals surface area contributed by atoms with Crippen LogP contribution in [0.1, 0.15) is 29.9 Å². The summed E-state index contributed by atoms with van der Waals surface area (Å²) in [6.07, 6.45) is 13.4. The third-order valence-electron chi connectivity index (χ3n) is 12.4. The molecule has 5 radical (unpaired) electrons. The maximum absolute atomic E-state index is 10.1. The van der Waals surface area contributed by atoms with Crippen LogP contribution >= 0.6 is 0 Å². The van der Waals surface area contributed by atoms with Crippen molar-refractivity contribution < 1.29 is 120 Å². The van der Waals surface area contributed by atoms with Crippen LogP contribution in [-0.2, 0) is 105 Å². The Morgan fingerprint density at radius 3 is 0.939 bits per heavy atom. The van der Waals surface area contributed by atoms with E-state index in [-0.39, 0.29) is 118 Å². The number of allylic oxidation sites excluding steroid dienone is 2. The summed E-state index contributed by atoms with van der Waals surface area (Å²) >= 11 is 0. The Balaban J connectivity index is 0.000000381. The molecule has 7 aromatic carbocycles. The largest absolute Gasteiger partial charge is 0.512 e. The number of carbonyl (C=O) groups is 2. The first-order valence-corrected chi connectivity index (χ1v) is 29.4. The van der Waals surface area contributed by atoms with E-state index in [0.29, 0.717) is 0 Å². The maximum Gasteiger partial charge on any atom is 0.354 e. The van der Waals surface area contributed by atoms with Gasteiger partial charge in [0, 0.05) is 150 Å². The van der Waals surface area contributed by atoms with Crippen LogP contribution in [0.15, 0.2) is 334 Å². The molecule has 98 heavy (non-hydrogen) atoms. The molecule has 0 bridgehead atoms. The summed E-state index contributed by atoms with van der Waals surface area (Å²) in [4.78, 5) is 49.3. The number of aliphatic hydroxyl groups excluding tert-OH is 1. The van der Waals surface area contributed by atoms with Crippen LogP contribution in [-0.4, -0.2) is 56.9 Å². The molecule has 0 saturated carbocycles. The number of aromatic carboxylic acids is 1. The van der Waals surface area contributed by atoms with Gasteiger partial charge in [0.05, 0.1) is 5.76 Å². The number of aromatic nitrogens is 7. The number of hydrogen-bond donors (Lipinski definition) is 2. The number of carboxylic acid groups (broad SMARTS) is 1. The van der Waals surface area contributed by atoms with E-state index in [4.69, 9.17) is 10.2 Å². The van der Waals surface area contributed by atoms with E-state index in [1.165, 1.54) is 48.5 Å². The van der Waals surface area contributed by atoms with Gasteiger partial charge in [-0.1, -0.05) is 97.9 Å². The molecule has 0 amide bonds. The number of benzene rings is 7. The van der Waals surface area contributed by atoms with Crippen molar-refractivity contribution in [2.75, 3.05) is 0 Å². The van der Waals surface area contributed by atoms with E-state index in [0.717, 1.165) is 67.5 Å². The molecular weight excluding hydrogens is 2110 g/mol. The van der Waals surface area contributed by atoms with E-state index >= 15 is 0 Å². The summed E-state index contributed by atoms with van der Waals surface area (Å²) in [6, 6.07) is 109. The molecule has 14 rings (SSSR count). The minimum Gasteiger partial charge on any atom is -0.512 e. The first-order valence-electron chi connectivity index (χ1n) is 29.4. The van der Waals surface area contributed by atoms with Crippen molar-refractivity contribution in [2.45, 2.75) is 20.8 Å². The first-order chi connectivity index (χ1) is 45.6. The number of aliphatic hydroxyl groups is 1. The number of pyridine rings is 7. The standard InChI is InChI=1S/C15H10N.C12H10N.4C11H8N.C6H5NO2.C5H8O2.5Ir/c1-2-7-13(8-3-1)15-14-9-5-4-6-12(14)10-11-16-15;1-10-5-4-6-11(9-10)12-7-2-3-8-13-12;4*1-2-6-10(7-3-1)11-8-4-5-9-12-11;8-6(9)5-3-1-2-4-7-5;1-4(6)3-5(2)7;;;;;/h1-7,9-11H;2-5,7-9H,1H3;4*1-6,8-9H;1-4H,(H,8,9);3,6H,1-2H3;;;;;/q6*-1;;;;;;;. The molecule has 0 fully saturated rings. The van der Waals surface area contributed by atoms with E-state index < -0.39 is 5.97 Å². The Hall–Kier alpha value is -9.22. The number of rotatable bonds is 8.